The van der Waals surface area contributed by atoms with Gasteiger partial charge in [-0.3, -0.25) is 0 Å². The molecular weight excluding hydrogens is 252 g/mol. The molecule has 0 heterocycles. The lowest BCUT2D eigenvalue weighted by molar-refractivity contribution is 1.16. The fourth-order valence-corrected chi connectivity index (χ4v) is 2.73. The molecule has 0 amide bonds. The molecule has 1 aliphatic carbocycles. The summed E-state index contributed by atoms with van der Waals surface area (Å²) in [6, 6.07) is 21.4. The molecule has 0 N–H and O–H groups in total. The molecular formula is C21H20. The third-order valence-corrected chi connectivity index (χ3v) is 3.88. The molecule has 0 unspecified atom stereocenters. The van der Waals surface area contributed by atoms with Gasteiger partial charge < -0.3 is 0 Å². The highest BCUT2D eigenvalue weighted by Crippen LogP contribution is 2.33. The van der Waals surface area contributed by atoms with E-state index in [4.69, 9.17) is 0 Å². The molecule has 0 nitrogen and oxygen atoms in total. The van der Waals surface area contributed by atoms with E-state index in [-0.39, 0.29) is 0 Å². The Kier molecular flexibility index (Phi) is 4.16. The van der Waals surface area contributed by atoms with Crippen molar-refractivity contribution in [3.63, 3.8) is 0 Å². The van der Waals surface area contributed by atoms with Crippen LogP contribution in [0.25, 0.3) is 11.1 Å². The largest absolute Gasteiger partial charge is 0.0815 e. The second kappa shape index (κ2) is 6.41. The monoisotopic (exact) mass is 272 g/mol. The standard InChI is InChI=1S/C21H20/c1-17-9-8-14-20(18-10-4-2-5-11-18)21(16-15-17)19-12-6-3-7-13-19/h2-7,9-14,16H,8,15H2,1H3. The Morgan fingerprint density at radius 2 is 1.14 bits per heavy atom. The second-order valence-corrected chi connectivity index (χ2v) is 5.46. The maximum atomic E-state index is 2.36. The van der Waals surface area contributed by atoms with Crippen molar-refractivity contribution in [1.82, 2.24) is 0 Å². The molecule has 0 fully saturated rings. The molecule has 21 heavy (non-hydrogen) atoms. The van der Waals surface area contributed by atoms with Crippen molar-refractivity contribution in [2.24, 2.45) is 0 Å². The summed E-state index contributed by atoms with van der Waals surface area (Å²) in [5.41, 5.74) is 6.70. The highest BCUT2D eigenvalue weighted by molar-refractivity contribution is 6.05. The highest BCUT2D eigenvalue weighted by Gasteiger charge is 2.11. The first-order valence-corrected chi connectivity index (χ1v) is 7.52. The molecule has 0 heteroatoms. The lowest BCUT2D eigenvalue weighted by atomic mass is 9.89. The lowest BCUT2D eigenvalue weighted by Gasteiger charge is -2.16. The van der Waals surface area contributed by atoms with Crippen molar-refractivity contribution in [2.75, 3.05) is 0 Å². The molecule has 0 atom stereocenters. The smallest absolute Gasteiger partial charge is 0.0132 e. The van der Waals surface area contributed by atoms with Gasteiger partial charge in [0.2, 0.25) is 0 Å². The van der Waals surface area contributed by atoms with Crippen molar-refractivity contribution in [3.05, 3.63) is 95.6 Å². The van der Waals surface area contributed by atoms with Crippen LogP contribution in [-0.2, 0) is 0 Å². The second-order valence-electron chi connectivity index (χ2n) is 5.46. The van der Waals surface area contributed by atoms with Crippen LogP contribution in [0.5, 0.6) is 0 Å². The van der Waals surface area contributed by atoms with Crippen LogP contribution in [-0.4, -0.2) is 0 Å². The van der Waals surface area contributed by atoms with Gasteiger partial charge in [-0.05, 0) is 42.0 Å². The van der Waals surface area contributed by atoms with Gasteiger partial charge in [0.25, 0.3) is 0 Å². The van der Waals surface area contributed by atoms with Crippen LogP contribution in [0.2, 0.25) is 0 Å². The SMILES string of the molecule is CC1=CCC=C(c2ccccc2)C(c2ccccc2)=CC1. The highest BCUT2D eigenvalue weighted by atomic mass is 14.1. The van der Waals surface area contributed by atoms with E-state index in [2.05, 4.69) is 85.8 Å². The Bertz CT molecular complexity index is 685. The van der Waals surface area contributed by atoms with Crippen LogP contribution < -0.4 is 0 Å². The van der Waals surface area contributed by atoms with Gasteiger partial charge in [-0.15, -0.1) is 0 Å². The quantitative estimate of drug-likeness (QED) is 0.598. The summed E-state index contributed by atoms with van der Waals surface area (Å²) in [5, 5.41) is 0. The number of rotatable bonds is 2. The average Bonchev–Trinajstić information content (AvgIpc) is 2.53. The zero-order valence-electron chi connectivity index (χ0n) is 12.4. The summed E-state index contributed by atoms with van der Waals surface area (Å²) in [5.74, 6) is 0. The van der Waals surface area contributed by atoms with E-state index in [1.54, 1.807) is 0 Å². The summed E-state index contributed by atoms with van der Waals surface area (Å²) in [6.45, 7) is 2.21. The van der Waals surface area contributed by atoms with Crippen molar-refractivity contribution in [3.8, 4) is 0 Å². The first kappa shape index (κ1) is 13.6. The Balaban J connectivity index is 2.11. The van der Waals surface area contributed by atoms with Crippen molar-refractivity contribution < 1.29 is 0 Å². The first-order chi connectivity index (χ1) is 10.3. The summed E-state index contributed by atoms with van der Waals surface area (Å²) >= 11 is 0. The fourth-order valence-electron chi connectivity index (χ4n) is 2.73. The predicted molar refractivity (Wildman–Crippen MR) is 91.8 cm³/mol. The molecule has 0 saturated heterocycles. The summed E-state index contributed by atoms with van der Waals surface area (Å²) < 4.78 is 0. The van der Waals surface area contributed by atoms with E-state index in [1.165, 1.54) is 27.8 Å². The molecule has 0 aromatic heterocycles. The number of hydrogen-bond acceptors (Lipinski definition) is 0. The van der Waals surface area contributed by atoms with Gasteiger partial charge in [0, 0.05) is 0 Å². The zero-order valence-corrected chi connectivity index (χ0v) is 12.4. The molecule has 2 aromatic carbocycles. The predicted octanol–water partition coefficient (Wildman–Crippen LogP) is 5.89. The van der Waals surface area contributed by atoms with E-state index in [0.717, 1.165) is 12.8 Å². The van der Waals surface area contributed by atoms with Gasteiger partial charge in [0.1, 0.15) is 0 Å². The third kappa shape index (κ3) is 3.22. The van der Waals surface area contributed by atoms with Crippen LogP contribution in [0.1, 0.15) is 30.9 Å². The van der Waals surface area contributed by atoms with Crippen LogP contribution in [0, 0.1) is 0 Å². The fraction of sp³-hybridized carbons (Fsp3) is 0.143. The van der Waals surface area contributed by atoms with Gasteiger partial charge in [-0.2, -0.15) is 0 Å². The Hall–Kier alpha value is -2.34. The van der Waals surface area contributed by atoms with E-state index < -0.39 is 0 Å². The van der Waals surface area contributed by atoms with Gasteiger partial charge in [0.05, 0.1) is 0 Å². The molecule has 0 radical (unpaired) electrons. The number of benzene rings is 2. The van der Waals surface area contributed by atoms with E-state index in [0.29, 0.717) is 0 Å². The topological polar surface area (TPSA) is 0 Å². The maximum Gasteiger partial charge on any atom is -0.0132 e. The van der Waals surface area contributed by atoms with Crippen molar-refractivity contribution >= 4 is 11.1 Å². The summed E-state index contributed by atoms with van der Waals surface area (Å²) in [7, 11) is 0. The maximum absolute atomic E-state index is 2.36. The lowest BCUT2D eigenvalue weighted by Crippen LogP contribution is -1.93. The minimum absolute atomic E-state index is 1.00. The average molecular weight is 272 g/mol. The van der Waals surface area contributed by atoms with Crippen LogP contribution in [0.3, 0.4) is 0 Å². The molecule has 2 aromatic rings. The molecule has 3 rings (SSSR count). The summed E-state index contributed by atoms with van der Waals surface area (Å²) in [4.78, 5) is 0. The van der Waals surface area contributed by atoms with Gasteiger partial charge in [0.15, 0.2) is 0 Å². The number of allylic oxidation sites excluding steroid dienone is 6. The first-order valence-electron chi connectivity index (χ1n) is 7.52. The van der Waals surface area contributed by atoms with Gasteiger partial charge >= 0.3 is 0 Å². The van der Waals surface area contributed by atoms with Crippen molar-refractivity contribution in [1.29, 1.82) is 0 Å². The van der Waals surface area contributed by atoms with E-state index >= 15 is 0 Å². The number of hydrogen-bond donors (Lipinski definition) is 0. The third-order valence-electron chi connectivity index (χ3n) is 3.88. The minimum Gasteiger partial charge on any atom is -0.0815 e. The molecule has 0 spiro atoms. The van der Waals surface area contributed by atoms with Gasteiger partial charge in [-0.1, -0.05) is 84.5 Å². The molecule has 104 valence electrons. The van der Waals surface area contributed by atoms with Crippen LogP contribution in [0.15, 0.2) is 84.5 Å². The molecule has 0 bridgehead atoms. The minimum atomic E-state index is 1.00. The molecule has 0 saturated carbocycles. The molecule has 0 aliphatic heterocycles. The summed E-state index contributed by atoms with van der Waals surface area (Å²) in [6.07, 6.45) is 9.05. The van der Waals surface area contributed by atoms with Crippen molar-refractivity contribution in [2.45, 2.75) is 19.8 Å². The van der Waals surface area contributed by atoms with Crippen LogP contribution in [0.4, 0.5) is 0 Å². The van der Waals surface area contributed by atoms with E-state index in [1.807, 2.05) is 0 Å². The van der Waals surface area contributed by atoms with Crippen LogP contribution >= 0.6 is 0 Å². The Labute approximate surface area is 127 Å². The normalized spacial score (nSPS) is 15.4. The van der Waals surface area contributed by atoms with Gasteiger partial charge in [-0.25, -0.2) is 0 Å². The Morgan fingerprint density at radius 1 is 0.619 bits per heavy atom. The molecule has 1 aliphatic rings. The zero-order chi connectivity index (χ0) is 14.5. The van der Waals surface area contributed by atoms with E-state index in [9.17, 15) is 0 Å². The Morgan fingerprint density at radius 3 is 1.71 bits per heavy atom.